The predicted octanol–water partition coefficient (Wildman–Crippen LogP) is 0.160. The molecule has 1 heterocycles. The average molecular weight is 99.2 g/mol. The highest BCUT2D eigenvalue weighted by atomic mass is 15.4. The van der Waals surface area contributed by atoms with Crippen molar-refractivity contribution in [2.45, 2.75) is 12.8 Å². The summed E-state index contributed by atoms with van der Waals surface area (Å²) in [7, 11) is 0. The molecule has 1 radical (unpaired) electrons. The molecule has 0 unspecified atom stereocenters. The van der Waals surface area contributed by atoms with Crippen LogP contribution in [0.4, 0.5) is 0 Å². The first-order valence-electron chi connectivity index (χ1n) is 2.71. The Bertz CT molecular complexity index is 48.0. The van der Waals surface area contributed by atoms with E-state index in [1.54, 1.807) is 0 Å². The van der Waals surface area contributed by atoms with Gasteiger partial charge >= 0.3 is 0 Å². The smallest absolute Gasteiger partial charge is 0.0160 e. The Balaban J connectivity index is 2.12. The Morgan fingerprint density at radius 3 is 2.71 bits per heavy atom. The lowest BCUT2D eigenvalue weighted by molar-refractivity contribution is 0.271. The molecule has 0 saturated carbocycles. The number of rotatable bonds is 0. The van der Waals surface area contributed by atoms with E-state index in [0.29, 0.717) is 0 Å². The van der Waals surface area contributed by atoms with Crippen LogP contribution in [0, 0.1) is 6.42 Å². The summed E-state index contributed by atoms with van der Waals surface area (Å²) in [5, 5.41) is 1.84. The van der Waals surface area contributed by atoms with Crippen molar-refractivity contribution in [3.05, 3.63) is 6.42 Å². The summed E-state index contributed by atoms with van der Waals surface area (Å²) in [6, 6.07) is 0. The van der Waals surface area contributed by atoms with Crippen molar-refractivity contribution in [3.63, 3.8) is 0 Å². The lowest BCUT2D eigenvalue weighted by Gasteiger charge is -2.19. The summed E-state index contributed by atoms with van der Waals surface area (Å²) in [5.74, 6) is 5.44. The van der Waals surface area contributed by atoms with Crippen molar-refractivity contribution >= 4 is 0 Å². The number of piperidine rings is 1. The van der Waals surface area contributed by atoms with E-state index >= 15 is 0 Å². The van der Waals surface area contributed by atoms with Crippen molar-refractivity contribution in [3.8, 4) is 0 Å². The van der Waals surface area contributed by atoms with E-state index in [9.17, 15) is 0 Å². The molecule has 1 fully saturated rings. The van der Waals surface area contributed by atoms with Gasteiger partial charge in [0.15, 0.2) is 0 Å². The number of hydrazine groups is 1. The van der Waals surface area contributed by atoms with Crippen LogP contribution in [0.15, 0.2) is 0 Å². The molecule has 2 N–H and O–H groups in total. The third-order valence-electron chi connectivity index (χ3n) is 1.22. The van der Waals surface area contributed by atoms with E-state index in [2.05, 4.69) is 6.42 Å². The average Bonchev–Trinajstić information content (AvgIpc) is 1.69. The standard InChI is InChI=1S/C5H11N2/c6-7-4-2-1-3-5-7/h2H,1,3-6H2. The van der Waals surface area contributed by atoms with Gasteiger partial charge in [-0.15, -0.1) is 0 Å². The zero-order valence-corrected chi connectivity index (χ0v) is 4.43. The van der Waals surface area contributed by atoms with Crippen LogP contribution in [0.3, 0.4) is 0 Å². The minimum atomic E-state index is 0.972. The van der Waals surface area contributed by atoms with Gasteiger partial charge in [0.2, 0.25) is 0 Å². The zero-order chi connectivity index (χ0) is 5.11. The number of hydrogen-bond acceptors (Lipinski definition) is 2. The maximum absolute atomic E-state index is 5.44. The van der Waals surface area contributed by atoms with E-state index in [1.165, 1.54) is 12.8 Å². The first kappa shape index (κ1) is 5.06. The van der Waals surface area contributed by atoms with Crippen molar-refractivity contribution in [2.75, 3.05) is 13.1 Å². The SMILES string of the molecule is NN1C[CH]CCC1. The highest BCUT2D eigenvalue weighted by Gasteiger charge is 2.03. The Kier molecular flexibility index (Phi) is 1.65. The molecule has 0 aliphatic carbocycles. The van der Waals surface area contributed by atoms with Crippen LogP contribution in [0.1, 0.15) is 12.8 Å². The second-order valence-corrected chi connectivity index (χ2v) is 1.93. The fraction of sp³-hybridized carbons (Fsp3) is 0.800. The Morgan fingerprint density at radius 2 is 2.43 bits per heavy atom. The van der Waals surface area contributed by atoms with Gasteiger partial charge in [0.1, 0.15) is 0 Å². The van der Waals surface area contributed by atoms with Gasteiger partial charge in [0, 0.05) is 13.1 Å². The zero-order valence-electron chi connectivity index (χ0n) is 4.43. The molecular weight excluding hydrogens is 88.1 g/mol. The molecule has 2 heteroatoms. The third-order valence-corrected chi connectivity index (χ3v) is 1.22. The Morgan fingerprint density at radius 1 is 1.57 bits per heavy atom. The largest absolute Gasteiger partial charge is 0.269 e. The van der Waals surface area contributed by atoms with Crippen molar-refractivity contribution in [1.29, 1.82) is 0 Å². The van der Waals surface area contributed by atoms with Crippen LogP contribution < -0.4 is 5.84 Å². The molecule has 0 aromatic rings. The fourth-order valence-electron chi connectivity index (χ4n) is 0.787. The van der Waals surface area contributed by atoms with E-state index in [4.69, 9.17) is 5.84 Å². The van der Waals surface area contributed by atoms with E-state index in [0.717, 1.165) is 13.1 Å². The third kappa shape index (κ3) is 1.45. The summed E-state index contributed by atoms with van der Waals surface area (Å²) >= 11 is 0. The highest BCUT2D eigenvalue weighted by molar-refractivity contribution is 4.73. The number of hydrogen-bond donors (Lipinski definition) is 1. The predicted molar refractivity (Wildman–Crippen MR) is 29.3 cm³/mol. The van der Waals surface area contributed by atoms with Crippen LogP contribution in [-0.4, -0.2) is 18.1 Å². The van der Waals surface area contributed by atoms with Crippen molar-refractivity contribution in [1.82, 2.24) is 5.01 Å². The van der Waals surface area contributed by atoms with Crippen molar-refractivity contribution < 1.29 is 0 Å². The molecule has 7 heavy (non-hydrogen) atoms. The maximum atomic E-state index is 5.44. The minimum absolute atomic E-state index is 0.972. The van der Waals surface area contributed by atoms with Gasteiger partial charge < -0.3 is 0 Å². The Labute approximate surface area is 44.3 Å². The number of nitrogens with two attached hydrogens (primary N) is 1. The molecule has 0 spiro atoms. The second-order valence-electron chi connectivity index (χ2n) is 1.93. The molecule has 1 aliphatic heterocycles. The molecule has 41 valence electrons. The summed E-state index contributed by atoms with van der Waals surface area (Å²) in [6.45, 7) is 2.04. The first-order chi connectivity index (χ1) is 3.39. The van der Waals surface area contributed by atoms with Gasteiger partial charge in [-0.05, 0) is 19.3 Å². The monoisotopic (exact) mass is 99.1 g/mol. The van der Waals surface area contributed by atoms with Gasteiger partial charge in [0.25, 0.3) is 0 Å². The Hall–Kier alpha value is -0.0800. The quantitative estimate of drug-likeness (QED) is 0.438. The first-order valence-corrected chi connectivity index (χ1v) is 2.71. The minimum Gasteiger partial charge on any atom is -0.269 e. The second kappa shape index (κ2) is 2.28. The van der Waals surface area contributed by atoms with Gasteiger partial charge in [-0.2, -0.15) is 0 Å². The summed E-state index contributed by atoms with van der Waals surface area (Å²) < 4.78 is 0. The maximum Gasteiger partial charge on any atom is 0.0160 e. The molecule has 0 aromatic carbocycles. The van der Waals surface area contributed by atoms with Gasteiger partial charge in [-0.25, -0.2) is 5.01 Å². The highest BCUT2D eigenvalue weighted by Crippen LogP contribution is 2.01. The van der Waals surface area contributed by atoms with Crippen LogP contribution in [0.5, 0.6) is 0 Å². The molecule has 1 aliphatic rings. The van der Waals surface area contributed by atoms with Crippen molar-refractivity contribution in [2.24, 2.45) is 5.84 Å². The lowest BCUT2D eigenvalue weighted by Crippen LogP contribution is -2.35. The molecule has 1 rings (SSSR count). The molecule has 0 amide bonds. The van der Waals surface area contributed by atoms with Crippen LogP contribution in [0.2, 0.25) is 0 Å². The lowest BCUT2D eigenvalue weighted by atomic mass is 10.2. The molecule has 0 atom stereocenters. The summed E-state index contributed by atoms with van der Waals surface area (Å²) in [4.78, 5) is 0. The fourth-order valence-corrected chi connectivity index (χ4v) is 0.787. The molecule has 2 nitrogen and oxygen atoms in total. The number of nitrogens with zero attached hydrogens (tertiary/aromatic N) is 1. The van der Waals surface area contributed by atoms with Gasteiger partial charge in [-0.3, -0.25) is 5.84 Å². The van der Waals surface area contributed by atoms with Gasteiger partial charge in [-0.1, -0.05) is 0 Å². The molecular formula is C5H11N2. The normalized spacial score (nSPS) is 25.3. The van der Waals surface area contributed by atoms with Crippen LogP contribution in [0.25, 0.3) is 0 Å². The van der Waals surface area contributed by atoms with Crippen LogP contribution >= 0.6 is 0 Å². The molecule has 0 aromatic heterocycles. The van der Waals surface area contributed by atoms with Crippen LogP contribution in [-0.2, 0) is 0 Å². The van der Waals surface area contributed by atoms with E-state index in [1.807, 2.05) is 5.01 Å². The van der Waals surface area contributed by atoms with Gasteiger partial charge in [0.05, 0.1) is 0 Å². The molecule has 0 bridgehead atoms. The van der Waals surface area contributed by atoms with E-state index < -0.39 is 0 Å². The summed E-state index contributed by atoms with van der Waals surface area (Å²) in [6.07, 6.45) is 4.69. The summed E-state index contributed by atoms with van der Waals surface area (Å²) in [5.41, 5.74) is 0. The topological polar surface area (TPSA) is 29.3 Å². The molecule has 1 saturated heterocycles. The van der Waals surface area contributed by atoms with E-state index in [-0.39, 0.29) is 0 Å².